The number of carbonyl (C=O) groups excluding carboxylic acids is 2. The van der Waals surface area contributed by atoms with Gasteiger partial charge in [-0.25, -0.2) is 0 Å². The summed E-state index contributed by atoms with van der Waals surface area (Å²) >= 11 is 0. The highest BCUT2D eigenvalue weighted by Crippen LogP contribution is 2.08. The monoisotopic (exact) mass is 218 g/mol. The van der Waals surface area contributed by atoms with Crippen LogP contribution in [0.3, 0.4) is 0 Å². The number of nitrogens with zero attached hydrogens (tertiary/aromatic N) is 1. The van der Waals surface area contributed by atoms with Gasteiger partial charge in [-0.2, -0.15) is 5.10 Å². The van der Waals surface area contributed by atoms with Gasteiger partial charge in [0, 0.05) is 18.0 Å². The average Bonchev–Trinajstić information content (AvgIpc) is 2.86. The van der Waals surface area contributed by atoms with E-state index in [1.807, 2.05) is 0 Å². The summed E-state index contributed by atoms with van der Waals surface area (Å²) in [6, 6.07) is 1.51. The fourth-order valence-corrected chi connectivity index (χ4v) is 1.25. The van der Waals surface area contributed by atoms with E-state index in [9.17, 15) is 9.59 Å². The van der Waals surface area contributed by atoms with Crippen LogP contribution in [0.15, 0.2) is 24.7 Å². The maximum atomic E-state index is 11.7. The van der Waals surface area contributed by atoms with Crippen molar-refractivity contribution in [3.63, 3.8) is 0 Å². The Bertz CT molecular complexity index is 513. The van der Waals surface area contributed by atoms with Gasteiger partial charge in [0.2, 0.25) is 0 Å². The Kier molecular flexibility index (Phi) is 2.55. The van der Waals surface area contributed by atoms with E-state index in [0.29, 0.717) is 16.9 Å². The van der Waals surface area contributed by atoms with Gasteiger partial charge in [0.1, 0.15) is 5.69 Å². The summed E-state index contributed by atoms with van der Waals surface area (Å²) in [5, 5.41) is 8.89. The molecule has 0 aromatic carbocycles. The lowest BCUT2D eigenvalue weighted by Gasteiger charge is -1.98. The number of ketones is 1. The quantitative estimate of drug-likeness (QED) is 0.676. The highest BCUT2D eigenvalue weighted by atomic mass is 16.2. The SMILES string of the molecule is CC(=O)c1c[nH]c(C(=O)Nc2cn[nH]c2)c1. The van der Waals surface area contributed by atoms with Crippen LogP contribution < -0.4 is 5.32 Å². The van der Waals surface area contributed by atoms with Gasteiger partial charge in [0.05, 0.1) is 11.9 Å². The zero-order valence-electron chi connectivity index (χ0n) is 8.57. The van der Waals surface area contributed by atoms with E-state index in [1.165, 1.54) is 25.4 Å². The molecule has 2 rings (SSSR count). The molecular formula is C10H10N4O2. The lowest BCUT2D eigenvalue weighted by Crippen LogP contribution is -2.11. The molecule has 0 saturated carbocycles. The van der Waals surface area contributed by atoms with Gasteiger partial charge in [0.25, 0.3) is 5.91 Å². The molecule has 2 heterocycles. The molecule has 0 spiro atoms. The van der Waals surface area contributed by atoms with Crippen LogP contribution in [0.1, 0.15) is 27.8 Å². The third-order valence-corrected chi connectivity index (χ3v) is 2.09. The van der Waals surface area contributed by atoms with E-state index in [4.69, 9.17) is 0 Å². The summed E-state index contributed by atoms with van der Waals surface area (Å²) < 4.78 is 0. The number of aromatic nitrogens is 3. The van der Waals surface area contributed by atoms with Gasteiger partial charge in [-0.05, 0) is 13.0 Å². The second-order valence-corrected chi connectivity index (χ2v) is 3.30. The first kappa shape index (κ1) is 10.2. The molecule has 0 aliphatic heterocycles. The Labute approximate surface area is 91.1 Å². The standard InChI is InChI=1S/C10H10N4O2/c1-6(15)7-2-9(11-3-7)10(16)14-8-4-12-13-5-8/h2-5,11H,1H3,(H,12,13)(H,14,16). The van der Waals surface area contributed by atoms with E-state index < -0.39 is 0 Å². The fourth-order valence-electron chi connectivity index (χ4n) is 1.25. The molecule has 0 radical (unpaired) electrons. The summed E-state index contributed by atoms with van der Waals surface area (Å²) in [7, 11) is 0. The molecule has 82 valence electrons. The zero-order valence-corrected chi connectivity index (χ0v) is 8.57. The molecule has 0 fully saturated rings. The lowest BCUT2D eigenvalue weighted by molar-refractivity contribution is 0.101. The first-order valence-corrected chi connectivity index (χ1v) is 4.66. The largest absolute Gasteiger partial charge is 0.356 e. The maximum Gasteiger partial charge on any atom is 0.272 e. The minimum atomic E-state index is -0.311. The van der Waals surface area contributed by atoms with E-state index in [2.05, 4.69) is 20.5 Å². The molecule has 0 aliphatic rings. The van der Waals surface area contributed by atoms with E-state index in [0.717, 1.165) is 0 Å². The number of nitrogens with one attached hydrogen (secondary N) is 3. The number of H-pyrrole nitrogens is 2. The number of anilines is 1. The van der Waals surface area contributed by atoms with Crippen LogP contribution in [0.25, 0.3) is 0 Å². The summed E-state index contributed by atoms with van der Waals surface area (Å²) in [4.78, 5) is 25.4. The summed E-state index contributed by atoms with van der Waals surface area (Å²) in [6.07, 6.45) is 4.56. The molecule has 6 nitrogen and oxygen atoms in total. The van der Waals surface area contributed by atoms with Crippen molar-refractivity contribution < 1.29 is 9.59 Å². The Balaban J connectivity index is 2.12. The van der Waals surface area contributed by atoms with E-state index in [-0.39, 0.29) is 11.7 Å². The Hall–Kier alpha value is -2.37. The maximum absolute atomic E-state index is 11.7. The van der Waals surface area contributed by atoms with E-state index >= 15 is 0 Å². The number of rotatable bonds is 3. The lowest BCUT2D eigenvalue weighted by atomic mass is 10.2. The summed E-state index contributed by atoms with van der Waals surface area (Å²) in [5.74, 6) is -0.396. The first-order valence-electron chi connectivity index (χ1n) is 4.66. The van der Waals surface area contributed by atoms with Crippen molar-refractivity contribution >= 4 is 17.4 Å². The molecule has 2 aromatic heterocycles. The van der Waals surface area contributed by atoms with Crippen LogP contribution in [0.2, 0.25) is 0 Å². The fraction of sp³-hybridized carbons (Fsp3) is 0.100. The van der Waals surface area contributed by atoms with Crippen LogP contribution in [0, 0.1) is 0 Å². The Morgan fingerprint density at radius 3 is 2.75 bits per heavy atom. The molecule has 16 heavy (non-hydrogen) atoms. The highest BCUT2D eigenvalue weighted by molar-refractivity contribution is 6.05. The molecule has 0 saturated heterocycles. The predicted octanol–water partition coefficient (Wildman–Crippen LogP) is 1.19. The number of amides is 1. The first-order chi connectivity index (χ1) is 7.66. The number of aromatic amines is 2. The van der Waals surface area contributed by atoms with Crippen molar-refractivity contribution in [3.05, 3.63) is 35.9 Å². The van der Waals surface area contributed by atoms with Gasteiger partial charge in [0.15, 0.2) is 5.78 Å². The second kappa shape index (κ2) is 4.01. The van der Waals surface area contributed by atoms with Gasteiger partial charge >= 0.3 is 0 Å². The third-order valence-electron chi connectivity index (χ3n) is 2.09. The number of Topliss-reactive ketones (excluding diaryl/α,β-unsaturated/α-hetero) is 1. The van der Waals surface area contributed by atoms with Crippen molar-refractivity contribution in [1.82, 2.24) is 15.2 Å². The third kappa shape index (κ3) is 2.00. The van der Waals surface area contributed by atoms with Crippen LogP contribution in [0.5, 0.6) is 0 Å². The van der Waals surface area contributed by atoms with Crippen molar-refractivity contribution in [1.29, 1.82) is 0 Å². The normalized spacial score (nSPS) is 10.1. The minimum Gasteiger partial charge on any atom is -0.356 e. The molecule has 0 unspecified atom stereocenters. The number of hydrogen-bond acceptors (Lipinski definition) is 3. The molecule has 6 heteroatoms. The van der Waals surface area contributed by atoms with Crippen molar-refractivity contribution in [2.45, 2.75) is 6.92 Å². The van der Waals surface area contributed by atoms with Crippen molar-refractivity contribution in [2.24, 2.45) is 0 Å². The predicted molar refractivity (Wildman–Crippen MR) is 57.3 cm³/mol. The minimum absolute atomic E-state index is 0.0846. The molecule has 0 bridgehead atoms. The Morgan fingerprint density at radius 2 is 2.19 bits per heavy atom. The van der Waals surface area contributed by atoms with Crippen molar-refractivity contribution in [2.75, 3.05) is 5.32 Å². The van der Waals surface area contributed by atoms with E-state index in [1.54, 1.807) is 6.20 Å². The van der Waals surface area contributed by atoms with Crippen LogP contribution in [-0.2, 0) is 0 Å². The molecule has 3 N–H and O–H groups in total. The molecule has 2 aromatic rings. The molecule has 1 amide bonds. The van der Waals surface area contributed by atoms with Gasteiger partial charge in [-0.3, -0.25) is 14.7 Å². The second-order valence-electron chi connectivity index (χ2n) is 3.30. The van der Waals surface area contributed by atoms with Crippen LogP contribution in [-0.4, -0.2) is 26.9 Å². The summed E-state index contributed by atoms with van der Waals surface area (Å²) in [6.45, 7) is 1.45. The highest BCUT2D eigenvalue weighted by Gasteiger charge is 2.10. The zero-order chi connectivity index (χ0) is 11.5. The summed E-state index contributed by atoms with van der Waals surface area (Å²) in [5.41, 5.74) is 1.40. The molecular weight excluding hydrogens is 208 g/mol. The van der Waals surface area contributed by atoms with Gasteiger partial charge < -0.3 is 10.3 Å². The molecule has 0 atom stereocenters. The Morgan fingerprint density at radius 1 is 1.38 bits per heavy atom. The molecule has 0 aliphatic carbocycles. The van der Waals surface area contributed by atoms with Gasteiger partial charge in [-0.1, -0.05) is 0 Å². The number of carbonyl (C=O) groups is 2. The van der Waals surface area contributed by atoms with Crippen LogP contribution in [0.4, 0.5) is 5.69 Å². The smallest absolute Gasteiger partial charge is 0.272 e. The topological polar surface area (TPSA) is 90.6 Å². The van der Waals surface area contributed by atoms with Crippen molar-refractivity contribution in [3.8, 4) is 0 Å². The number of hydrogen-bond donors (Lipinski definition) is 3. The van der Waals surface area contributed by atoms with Crippen LogP contribution >= 0.6 is 0 Å². The van der Waals surface area contributed by atoms with Gasteiger partial charge in [-0.15, -0.1) is 0 Å². The average molecular weight is 218 g/mol.